The molecule has 0 saturated heterocycles. The van der Waals surface area contributed by atoms with Crippen LogP contribution in [0.3, 0.4) is 0 Å². The zero-order valence-electron chi connectivity index (χ0n) is 16.6. The van der Waals surface area contributed by atoms with E-state index in [4.69, 9.17) is 9.84 Å². The minimum absolute atomic E-state index is 0.0487. The van der Waals surface area contributed by atoms with Crippen molar-refractivity contribution in [2.45, 2.75) is 38.8 Å². The quantitative estimate of drug-likeness (QED) is 0.516. The normalized spacial score (nSPS) is 11.2. The number of carbonyl (C=O) groups is 4. The number of benzene rings is 2. The summed E-state index contributed by atoms with van der Waals surface area (Å²) in [4.78, 5) is 47.3. The van der Waals surface area contributed by atoms with Crippen molar-refractivity contribution in [3.63, 3.8) is 0 Å². The highest BCUT2D eigenvalue weighted by Gasteiger charge is 2.22. The lowest BCUT2D eigenvalue weighted by Crippen LogP contribution is -2.43. The molecule has 0 heterocycles. The first-order valence-electron chi connectivity index (χ1n) is 9.52. The van der Waals surface area contributed by atoms with Crippen molar-refractivity contribution in [3.05, 3.63) is 65.7 Å². The second-order valence-electron chi connectivity index (χ2n) is 6.53. The van der Waals surface area contributed by atoms with Crippen molar-refractivity contribution in [2.24, 2.45) is 0 Å². The van der Waals surface area contributed by atoms with Gasteiger partial charge in [0.05, 0.1) is 5.56 Å². The maximum Gasteiger partial charge on any atom is 0.335 e. The molecule has 0 aliphatic heterocycles. The Hall–Kier alpha value is -3.68. The van der Waals surface area contributed by atoms with Crippen molar-refractivity contribution >= 4 is 29.4 Å². The van der Waals surface area contributed by atoms with Crippen molar-refractivity contribution in [3.8, 4) is 0 Å². The zero-order valence-corrected chi connectivity index (χ0v) is 16.6. The predicted molar refractivity (Wildman–Crippen MR) is 110 cm³/mol. The third-order valence-corrected chi connectivity index (χ3v) is 4.25. The van der Waals surface area contributed by atoms with Gasteiger partial charge in [-0.15, -0.1) is 0 Å². The molecule has 0 aliphatic carbocycles. The molecular weight excluding hydrogens is 388 g/mol. The van der Waals surface area contributed by atoms with Crippen molar-refractivity contribution < 1.29 is 29.0 Å². The van der Waals surface area contributed by atoms with Crippen LogP contribution in [0.25, 0.3) is 0 Å². The number of anilines is 1. The molecule has 30 heavy (non-hydrogen) atoms. The van der Waals surface area contributed by atoms with E-state index >= 15 is 0 Å². The Kier molecular flexibility index (Phi) is 8.56. The topological polar surface area (TPSA) is 122 Å². The van der Waals surface area contributed by atoms with Crippen LogP contribution >= 0.6 is 0 Å². The molecule has 2 amide bonds. The van der Waals surface area contributed by atoms with Gasteiger partial charge in [-0.1, -0.05) is 37.3 Å². The van der Waals surface area contributed by atoms with Gasteiger partial charge in [0.1, 0.15) is 12.6 Å². The maximum absolute atomic E-state index is 12.6. The van der Waals surface area contributed by atoms with Gasteiger partial charge in [-0.2, -0.15) is 0 Å². The standard InChI is InChI=1S/C22H24N2O6/c1-2-19(25)24-18(12-13-20(26)30-14-15-6-4-3-5-7-15)21(27)23-17-10-8-16(9-11-17)22(28)29/h3-11,18H,2,12-14H2,1H3,(H,23,27)(H,24,25)(H,28,29). The van der Waals surface area contributed by atoms with Crippen LogP contribution in [-0.4, -0.2) is 34.9 Å². The number of nitrogens with one attached hydrogen (secondary N) is 2. The lowest BCUT2D eigenvalue weighted by atomic mass is 10.1. The van der Waals surface area contributed by atoms with Crippen molar-refractivity contribution in [2.75, 3.05) is 5.32 Å². The van der Waals surface area contributed by atoms with Crippen molar-refractivity contribution in [1.29, 1.82) is 0 Å². The fraction of sp³-hybridized carbons (Fsp3) is 0.273. The minimum atomic E-state index is -1.07. The van der Waals surface area contributed by atoms with Crippen LogP contribution in [0.5, 0.6) is 0 Å². The molecule has 0 spiro atoms. The summed E-state index contributed by atoms with van der Waals surface area (Å²) < 4.78 is 5.20. The Balaban J connectivity index is 1.93. The van der Waals surface area contributed by atoms with E-state index in [-0.39, 0.29) is 37.3 Å². The van der Waals surface area contributed by atoms with Crippen LogP contribution in [-0.2, 0) is 25.7 Å². The molecule has 0 aromatic heterocycles. The highest BCUT2D eigenvalue weighted by Crippen LogP contribution is 2.12. The summed E-state index contributed by atoms with van der Waals surface area (Å²) in [6, 6.07) is 13.9. The molecule has 3 N–H and O–H groups in total. The fourth-order valence-corrected chi connectivity index (χ4v) is 2.56. The van der Waals surface area contributed by atoms with Gasteiger partial charge in [0.25, 0.3) is 0 Å². The first-order valence-corrected chi connectivity index (χ1v) is 9.52. The molecule has 0 aliphatic rings. The molecule has 0 fully saturated rings. The number of carboxylic acids is 1. The molecule has 1 unspecified atom stereocenters. The Morgan fingerprint density at radius 3 is 2.27 bits per heavy atom. The smallest absolute Gasteiger partial charge is 0.335 e. The summed E-state index contributed by atoms with van der Waals surface area (Å²) in [6.45, 7) is 1.79. The second kappa shape index (κ2) is 11.4. The monoisotopic (exact) mass is 412 g/mol. The molecule has 0 bridgehead atoms. The summed E-state index contributed by atoms with van der Waals surface area (Å²) in [5.41, 5.74) is 1.32. The highest BCUT2D eigenvalue weighted by molar-refractivity contribution is 5.98. The fourth-order valence-electron chi connectivity index (χ4n) is 2.56. The van der Waals surface area contributed by atoms with Crippen LogP contribution in [0, 0.1) is 0 Å². The van der Waals surface area contributed by atoms with E-state index in [1.54, 1.807) is 6.92 Å². The molecule has 1 atom stereocenters. The largest absolute Gasteiger partial charge is 0.478 e. The van der Waals surface area contributed by atoms with Gasteiger partial charge in [-0.05, 0) is 36.2 Å². The Labute approximate surface area is 174 Å². The third kappa shape index (κ3) is 7.38. The molecule has 8 nitrogen and oxygen atoms in total. The van der Waals surface area contributed by atoms with E-state index in [9.17, 15) is 19.2 Å². The van der Waals surface area contributed by atoms with Gasteiger partial charge in [0.2, 0.25) is 11.8 Å². The Bertz CT molecular complexity index is 880. The van der Waals surface area contributed by atoms with Gasteiger partial charge in [-0.25, -0.2) is 4.79 Å². The average molecular weight is 412 g/mol. The lowest BCUT2D eigenvalue weighted by molar-refractivity contribution is -0.145. The lowest BCUT2D eigenvalue weighted by Gasteiger charge is -2.18. The number of ether oxygens (including phenoxy) is 1. The summed E-state index contributed by atoms with van der Waals surface area (Å²) in [6.07, 6.45) is 0.209. The van der Waals surface area contributed by atoms with Gasteiger partial charge in [-0.3, -0.25) is 14.4 Å². The van der Waals surface area contributed by atoms with E-state index in [1.165, 1.54) is 24.3 Å². The van der Waals surface area contributed by atoms with Crippen LogP contribution in [0.15, 0.2) is 54.6 Å². The first-order chi connectivity index (χ1) is 14.4. The van der Waals surface area contributed by atoms with E-state index in [1.807, 2.05) is 30.3 Å². The second-order valence-corrected chi connectivity index (χ2v) is 6.53. The zero-order chi connectivity index (χ0) is 21.9. The first kappa shape index (κ1) is 22.6. The van der Waals surface area contributed by atoms with Gasteiger partial charge in [0.15, 0.2) is 0 Å². The average Bonchev–Trinajstić information content (AvgIpc) is 2.75. The molecule has 0 radical (unpaired) electrons. The SMILES string of the molecule is CCC(=O)NC(CCC(=O)OCc1ccccc1)C(=O)Nc1ccc(C(=O)O)cc1. The van der Waals surface area contributed by atoms with Gasteiger partial charge in [0, 0.05) is 18.5 Å². The number of carbonyl (C=O) groups excluding carboxylic acids is 3. The number of hydrogen-bond donors (Lipinski definition) is 3. The molecular formula is C22H24N2O6. The summed E-state index contributed by atoms with van der Waals surface area (Å²) in [5.74, 6) is -2.38. The number of rotatable bonds is 10. The third-order valence-electron chi connectivity index (χ3n) is 4.25. The van der Waals surface area contributed by atoms with Crippen molar-refractivity contribution in [1.82, 2.24) is 5.32 Å². The molecule has 2 rings (SSSR count). The van der Waals surface area contributed by atoms with E-state index in [0.29, 0.717) is 5.69 Å². The van der Waals surface area contributed by atoms with Crippen LogP contribution in [0.2, 0.25) is 0 Å². The van der Waals surface area contributed by atoms with Gasteiger partial charge < -0.3 is 20.5 Å². The molecule has 158 valence electrons. The van der Waals surface area contributed by atoms with Crippen LogP contribution in [0.1, 0.15) is 42.1 Å². The number of hydrogen-bond acceptors (Lipinski definition) is 5. The maximum atomic E-state index is 12.6. The minimum Gasteiger partial charge on any atom is -0.478 e. The van der Waals surface area contributed by atoms with E-state index in [2.05, 4.69) is 10.6 Å². The predicted octanol–water partition coefficient (Wildman–Crippen LogP) is 2.74. The summed E-state index contributed by atoms with van der Waals surface area (Å²) in [7, 11) is 0. The van der Waals surface area contributed by atoms with E-state index in [0.717, 1.165) is 5.56 Å². The van der Waals surface area contributed by atoms with E-state index < -0.39 is 23.9 Å². The summed E-state index contributed by atoms with van der Waals surface area (Å²) in [5, 5.41) is 14.1. The highest BCUT2D eigenvalue weighted by atomic mass is 16.5. The van der Waals surface area contributed by atoms with Crippen LogP contribution in [0.4, 0.5) is 5.69 Å². The Morgan fingerprint density at radius 1 is 1.00 bits per heavy atom. The number of carboxylic acid groups (broad SMARTS) is 1. The molecule has 2 aromatic rings. The Morgan fingerprint density at radius 2 is 1.67 bits per heavy atom. The molecule has 0 saturated carbocycles. The van der Waals surface area contributed by atoms with Crippen LogP contribution < -0.4 is 10.6 Å². The number of aromatic carboxylic acids is 1. The van der Waals surface area contributed by atoms with Gasteiger partial charge >= 0.3 is 11.9 Å². The number of amides is 2. The summed E-state index contributed by atoms with van der Waals surface area (Å²) >= 11 is 0. The number of esters is 1. The molecule has 8 heteroatoms. The molecule has 2 aromatic carbocycles.